The van der Waals surface area contributed by atoms with Crippen LogP contribution in [0.1, 0.15) is 33.3 Å². The predicted octanol–water partition coefficient (Wildman–Crippen LogP) is 6.18. The van der Waals surface area contributed by atoms with Crippen LogP contribution in [0.4, 0.5) is 0 Å². The first kappa shape index (κ1) is 27.1. The zero-order valence-corrected chi connectivity index (χ0v) is 24.8. The van der Waals surface area contributed by atoms with Gasteiger partial charge in [0.15, 0.2) is 11.3 Å². The molecule has 0 amide bonds. The van der Waals surface area contributed by atoms with Crippen LogP contribution in [-0.4, -0.2) is 49.7 Å². The molecule has 0 aliphatic carbocycles. The van der Waals surface area contributed by atoms with E-state index in [1.54, 1.807) is 43.9 Å². The van der Waals surface area contributed by atoms with Gasteiger partial charge in [-0.3, -0.25) is 0 Å². The van der Waals surface area contributed by atoms with Gasteiger partial charge < -0.3 is 46.4 Å². The van der Waals surface area contributed by atoms with Gasteiger partial charge in [0.1, 0.15) is 48.1 Å². The molecule has 3 atom stereocenters. The Morgan fingerprint density at radius 2 is 1.50 bits per heavy atom. The Morgan fingerprint density at radius 1 is 0.795 bits per heavy atom. The maximum absolute atomic E-state index is 11.9. The van der Waals surface area contributed by atoms with E-state index in [2.05, 4.69) is 0 Å². The summed E-state index contributed by atoms with van der Waals surface area (Å²) >= 11 is 0. The molecule has 0 radical (unpaired) electrons. The minimum absolute atomic E-state index is 0.0680. The number of furan rings is 2. The summed E-state index contributed by atoms with van der Waals surface area (Å²) in [4.78, 5) is 11.9. The molecule has 0 bridgehead atoms. The number of methoxy groups -OCH3 is 1. The lowest BCUT2D eigenvalue weighted by atomic mass is 10.0. The molecule has 3 aliphatic rings. The first-order chi connectivity index (χ1) is 21.1. The SMILES string of the molecule is COc1c2c(c(OC[C@H]3OC3(C)C)c3occc13)O[C@@]1(C=C2)O[C@H](COc2c3ccoc3cc3oc(=O)ccc23)C(C)(C)O1. The van der Waals surface area contributed by atoms with Crippen LogP contribution in [0.15, 0.2) is 67.0 Å². The monoisotopic (exact) mass is 602 g/mol. The molecule has 6 heterocycles. The summed E-state index contributed by atoms with van der Waals surface area (Å²) in [6, 6.07) is 8.32. The predicted molar refractivity (Wildman–Crippen MR) is 157 cm³/mol. The number of epoxide rings is 1. The van der Waals surface area contributed by atoms with E-state index >= 15 is 0 Å². The Bertz CT molecular complexity index is 2030. The molecule has 2 saturated heterocycles. The van der Waals surface area contributed by atoms with Crippen LogP contribution < -0.4 is 24.6 Å². The minimum atomic E-state index is -1.58. The van der Waals surface area contributed by atoms with Gasteiger partial charge in [-0.1, -0.05) is 0 Å². The van der Waals surface area contributed by atoms with Gasteiger partial charge in [0, 0.05) is 18.2 Å². The molecule has 3 aromatic heterocycles. The average molecular weight is 603 g/mol. The van der Waals surface area contributed by atoms with Crippen LogP contribution in [0, 0.1) is 0 Å². The first-order valence-electron chi connectivity index (χ1n) is 14.3. The molecule has 2 aromatic carbocycles. The van der Waals surface area contributed by atoms with E-state index in [1.807, 2.05) is 39.8 Å². The number of fused-ring (bicyclic) bond motifs is 4. The third-order valence-electron chi connectivity index (χ3n) is 8.43. The maximum Gasteiger partial charge on any atom is 0.350 e. The average Bonchev–Trinajstić information content (AvgIpc) is 3.39. The van der Waals surface area contributed by atoms with Gasteiger partial charge in [-0.15, -0.1) is 0 Å². The van der Waals surface area contributed by atoms with Crippen molar-refractivity contribution < 1.29 is 46.4 Å². The summed E-state index contributed by atoms with van der Waals surface area (Å²) in [5, 5.41) is 2.12. The van der Waals surface area contributed by atoms with Crippen LogP contribution in [0.5, 0.6) is 23.0 Å². The molecule has 2 fully saturated rings. The number of rotatable bonds is 7. The molecule has 0 N–H and O–H groups in total. The van der Waals surface area contributed by atoms with Gasteiger partial charge >= 0.3 is 11.6 Å². The van der Waals surface area contributed by atoms with Gasteiger partial charge in [0.25, 0.3) is 0 Å². The molecule has 8 rings (SSSR count). The quantitative estimate of drug-likeness (QED) is 0.157. The summed E-state index contributed by atoms with van der Waals surface area (Å²) in [6.45, 7) is 8.22. The van der Waals surface area contributed by atoms with E-state index in [1.165, 1.54) is 6.07 Å². The van der Waals surface area contributed by atoms with Crippen LogP contribution in [0.3, 0.4) is 0 Å². The van der Waals surface area contributed by atoms with Crippen LogP contribution in [0.2, 0.25) is 0 Å². The van der Waals surface area contributed by atoms with Crippen molar-refractivity contribution in [2.45, 2.75) is 57.1 Å². The molecule has 0 saturated carbocycles. The fourth-order valence-electron chi connectivity index (χ4n) is 5.90. The molecule has 3 aliphatic heterocycles. The number of hydrogen-bond donors (Lipinski definition) is 0. The third kappa shape index (κ3) is 4.18. The van der Waals surface area contributed by atoms with Gasteiger partial charge in [-0.2, -0.15) is 0 Å². The van der Waals surface area contributed by atoms with Gasteiger partial charge in [0.2, 0.25) is 5.75 Å². The Hall–Kier alpha value is -4.45. The van der Waals surface area contributed by atoms with Gasteiger partial charge in [0.05, 0.1) is 52.6 Å². The second-order valence-corrected chi connectivity index (χ2v) is 12.2. The lowest BCUT2D eigenvalue weighted by Gasteiger charge is -2.31. The first-order valence-corrected chi connectivity index (χ1v) is 14.3. The second kappa shape index (κ2) is 9.28. The minimum Gasteiger partial charge on any atom is -0.495 e. The summed E-state index contributed by atoms with van der Waals surface area (Å²) < 4.78 is 60.5. The largest absolute Gasteiger partial charge is 0.495 e. The highest BCUT2D eigenvalue weighted by atomic mass is 16.9. The second-order valence-electron chi connectivity index (χ2n) is 12.2. The molecule has 1 spiro atoms. The van der Waals surface area contributed by atoms with Crippen LogP contribution in [-0.2, 0) is 14.2 Å². The molecule has 11 heteroatoms. The van der Waals surface area contributed by atoms with E-state index in [0.717, 1.165) is 10.8 Å². The zero-order valence-electron chi connectivity index (χ0n) is 24.8. The van der Waals surface area contributed by atoms with Crippen molar-refractivity contribution in [1.29, 1.82) is 0 Å². The van der Waals surface area contributed by atoms with Crippen LogP contribution >= 0.6 is 0 Å². The van der Waals surface area contributed by atoms with E-state index in [-0.39, 0.29) is 18.3 Å². The number of ether oxygens (including phenoxy) is 7. The maximum atomic E-state index is 11.9. The highest BCUT2D eigenvalue weighted by Crippen LogP contribution is 2.53. The molecular formula is C33H30O11. The van der Waals surface area contributed by atoms with Crippen molar-refractivity contribution >= 4 is 39.0 Å². The molecule has 44 heavy (non-hydrogen) atoms. The Labute approximate surface area is 250 Å². The zero-order chi connectivity index (χ0) is 30.4. The van der Waals surface area contributed by atoms with E-state index in [4.69, 9.17) is 46.4 Å². The lowest BCUT2D eigenvalue weighted by molar-refractivity contribution is -0.271. The smallest absolute Gasteiger partial charge is 0.350 e. The van der Waals surface area contributed by atoms with Crippen molar-refractivity contribution in [2.24, 2.45) is 0 Å². The molecule has 228 valence electrons. The summed E-state index contributed by atoms with van der Waals surface area (Å²) in [6.07, 6.45) is 6.04. The highest BCUT2D eigenvalue weighted by molar-refractivity contribution is 6.01. The summed E-state index contributed by atoms with van der Waals surface area (Å²) in [5.74, 6) is 0.271. The topological polar surface area (TPSA) is 124 Å². The molecule has 11 nitrogen and oxygen atoms in total. The van der Waals surface area contributed by atoms with Crippen molar-refractivity contribution in [1.82, 2.24) is 0 Å². The van der Waals surface area contributed by atoms with E-state index < -0.39 is 23.3 Å². The summed E-state index contributed by atoms with van der Waals surface area (Å²) in [5.41, 5.74) is 0.461. The van der Waals surface area contributed by atoms with Crippen molar-refractivity contribution in [3.8, 4) is 23.0 Å². The fraction of sp³-hybridized carbons (Fsp3) is 0.364. The third-order valence-corrected chi connectivity index (χ3v) is 8.43. The Balaban J connectivity index is 1.12. The number of hydrogen-bond acceptors (Lipinski definition) is 11. The van der Waals surface area contributed by atoms with Gasteiger partial charge in [-0.05, 0) is 52.0 Å². The standard InChI is InChI=1S/C33H30O11/c1-31(2)23(41-31)15-39-30-28-20(10-13-37-28)26(35-5)19-8-11-33(43-29(19)30)42-24(32(3,4)44-33)16-38-27-17-6-7-25(34)40-22(17)14-21-18(27)9-12-36-21/h6-14,23-24H,15-16H2,1-5H3/t23-,24-,33-/m1/s1. The molecule has 0 unspecified atom stereocenters. The van der Waals surface area contributed by atoms with Crippen molar-refractivity contribution in [3.63, 3.8) is 0 Å². The molecular weight excluding hydrogens is 572 g/mol. The Morgan fingerprint density at radius 3 is 2.27 bits per heavy atom. The number of benzene rings is 2. The Kier molecular flexibility index (Phi) is 5.72. The normalized spacial score (nSPS) is 24.6. The highest BCUT2D eigenvalue weighted by Gasteiger charge is 2.56. The lowest BCUT2D eigenvalue weighted by Crippen LogP contribution is -2.39. The molecule has 5 aromatic rings. The van der Waals surface area contributed by atoms with Crippen molar-refractivity contribution in [3.05, 3.63) is 64.9 Å². The summed E-state index contributed by atoms with van der Waals surface area (Å²) in [7, 11) is 1.59. The van der Waals surface area contributed by atoms with Gasteiger partial charge in [-0.25, -0.2) is 4.79 Å². The van der Waals surface area contributed by atoms with Crippen molar-refractivity contribution in [2.75, 3.05) is 20.3 Å². The van der Waals surface area contributed by atoms with E-state index in [0.29, 0.717) is 57.3 Å². The van der Waals surface area contributed by atoms with E-state index in [9.17, 15) is 4.79 Å². The van der Waals surface area contributed by atoms with Crippen LogP contribution in [0.25, 0.3) is 39.0 Å². The fourth-order valence-corrected chi connectivity index (χ4v) is 5.90.